The first-order chi connectivity index (χ1) is 7.20. The molecular weight excluding hydrogens is 208 g/mol. The molecule has 84 valence electrons. The predicted molar refractivity (Wildman–Crippen MR) is 63.7 cm³/mol. The van der Waals surface area contributed by atoms with Gasteiger partial charge in [0.25, 0.3) is 0 Å². The molecule has 1 aliphatic rings. The Morgan fingerprint density at radius 2 is 2.40 bits per heavy atom. The minimum atomic E-state index is 0.110. The summed E-state index contributed by atoms with van der Waals surface area (Å²) in [6, 6.07) is 0.629. The van der Waals surface area contributed by atoms with Gasteiger partial charge in [0.1, 0.15) is 0 Å². The monoisotopic (exact) mass is 226 g/mol. The summed E-state index contributed by atoms with van der Waals surface area (Å²) in [6.45, 7) is 3.36. The first-order valence-electron chi connectivity index (χ1n) is 5.61. The fourth-order valence-electron chi connectivity index (χ4n) is 2.30. The number of hydrogen-bond donors (Lipinski definition) is 1. The van der Waals surface area contributed by atoms with Crippen LogP contribution < -0.4 is 4.87 Å². The van der Waals surface area contributed by atoms with Crippen molar-refractivity contribution in [2.45, 2.75) is 38.6 Å². The van der Waals surface area contributed by atoms with E-state index in [9.17, 15) is 4.79 Å². The molecule has 0 spiro atoms. The Morgan fingerprint density at radius 3 is 3.13 bits per heavy atom. The molecule has 0 amide bonds. The van der Waals surface area contributed by atoms with Gasteiger partial charge in [-0.25, -0.2) is 0 Å². The van der Waals surface area contributed by atoms with Gasteiger partial charge < -0.3 is 9.88 Å². The summed E-state index contributed by atoms with van der Waals surface area (Å²) in [5, 5.41) is 0. The molecule has 2 rings (SSSR count). The van der Waals surface area contributed by atoms with Gasteiger partial charge >= 0.3 is 4.87 Å². The maximum absolute atomic E-state index is 11.2. The summed E-state index contributed by atoms with van der Waals surface area (Å²) in [6.07, 6.45) is 4.46. The van der Waals surface area contributed by atoms with Gasteiger partial charge in [-0.15, -0.1) is 0 Å². The Morgan fingerprint density at radius 1 is 1.60 bits per heavy atom. The maximum Gasteiger partial charge on any atom is 0.304 e. The van der Waals surface area contributed by atoms with Crippen LogP contribution in [0.1, 0.15) is 30.3 Å². The summed E-state index contributed by atoms with van der Waals surface area (Å²) < 4.78 is 0. The lowest BCUT2D eigenvalue weighted by Gasteiger charge is -2.30. The highest BCUT2D eigenvalue weighted by Gasteiger charge is 2.23. The summed E-state index contributed by atoms with van der Waals surface area (Å²) >= 11 is 1.39. The van der Waals surface area contributed by atoms with Gasteiger partial charge in [-0.1, -0.05) is 18.3 Å². The molecule has 0 radical (unpaired) electrons. The van der Waals surface area contributed by atoms with Gasteiger partial charge in [0, 0.05) is 16.6 Å². The van der Waals surface area contributed by atoms with Crippen LogP contribution in [0.25, 0.3) is 0 Å². The van der Waals surface area contributed by atoms with Crippen LogP contribution in [0, 0.1) is 0 Å². The molecule has 1 heterocycles. The topological polar surface area (TPSA) is 36.1 Å². The van der Waals surface area contributed by atoms with Crippen molar-refractivity contribution >= 4 is 11.3 Å². The molecule has 0 fully saturated rings. The second-order valence-electron chi connectivity index (χ2n) is 4.29. The zero-order valence-corrected chi connectivity index (χ0v) is 10.2. The first kappa shape index (κ1) is 10.9. The van der Waals surface area contributed by atoms with Crippen LogP contribution in [0.2, 0.25) is 0 Å². The van der Waals surface area contributed by atoms with Crippen LogP contribution in [-0.4, -0.2) is 29.5 Å². The number of hydrogen-bond acceptors (Lipinski definition) is 3. The normalized spacial score (nSPS) is 20.6. The van der Waals surface area contributed by atoms with Crippen molar-refractivity contribution in [1.29, 1.82) is 0 Å². The van der Waals surface area contributed by atoms with Crippen molar-refractivity contribution in [3.63, 3.8) is 0 Å². The number of nitrogens with zero attached hydrogens (tertiary/aromatic N) is 1. The predicted octanol–water partition coefficient (Wildman–Crippen LogP) is 1.64. The van der Waals surface area contributed by atoms with E-state index in [0.29, 0.717) is 6.04 Å². The average molecular weight is 226 g/mol. The largest absolute Gasteiger partial charge is 0.316 e. The number of fused-ring (bicyclic) bond motifs is 1. The third-order valence-corrected chi connectivity index (χ3v) is 4.10. The van der Waals surface area contributed by atoms with E-state index in [0.717, 1.165) is 19.4 Å². The van der Waals surface area contributed by atoms with E-state index in [4.69, 9.17) is 0 Å². The second-order valence-corrected chi connectivity index (χ2v) is 5.36. The quantitative estimate of drug-likeness (QED) is 0.850. The highest BCUT2D eigenvalue weighted by atomic mass is 32.1. The van der Waals surface area contributed by atoms with E-state index >= 15 is 0 Å². The Kier molecular flexibility index (Phi) is 3.26. The average Bonchev–Trinajstić information content (AvgIpc) is 2.57. The van der Waals surface area contributed by atoms with E-state index in [1.54, 1.807) is 0 Å². The first-order valence-corrected chi connectivity index (χ1v) is 6.43. The van der Waals surface area contributed by atoms with E-state index in [1.807, 2.05) is 0 Å². The van der Waals surface area contributed by atoms with Crippen LogP contribution in [0.4, 0.5) is 0 Å². The Balaban J connectivity index is 2.08. The molecule has 0 aliphatic heterocycles. The molecule has 1 unspecified atom stereocenters. The van der Waals surface area contributed by atoms with Crippen molar-refractivity contribution in [3.8, 4) is 0 Å². The molecular formula is C11H18N2OS. The molecule has 1 aromatic rings. The molecule has 0 saturated heterocycles. The van der Waals surface area contributed by atoms with Crippen LogP contribution in [0.15, 0.2) is 4.79 Å². The molecule has 1 aliphatic carbocycles. The molecule has 0 aromatic carbocycles. The zero-order valence-electron chi connectivity index (χ0n) is 9.38. The SMILES string of the molecule is CCCN(C)C1CCc2[nH]c(=O)sc2C1. The van der Waals surface area contributed by atoms with Crippen LogP contribution >= 0.6 is 11.3 Å². The summed E-state index contributed by atoms with van der Waals surface area (Å²) in [5.41, 5.74) is 1.19. The number of aromatic amines is 1. The summed E-state index contributed by atoms with van der Waals surface area (Å²) in [5.74, 6) is 0. The third-order valence-electron chi connectivity index (χ3n) is 3.15. The molecule has 1 N–H and O–H groups in total. The Bertz CT molecular complexity index is 382. The minimum absolute atomic E-state index is 0.110. The number of H-pyrrole nitrogens is 1. The van der Waals surface area contributed by atoms with Crippen LogP contribution in [-0.2, 0) is 12.8 Å². The van der Waals surface area contributed by atoms with Crippen molar-refractivity contribution in [1.82, 2.24) is 9.88 Å². The molecule has 0 saturated carbocycles. The lowest BCUT2D eigenvalue weighted by molar-refractivity contribution is 0.223. The van der Waals surface area contributed by atoms with Gasteiger partial charge in [0.2, 0.25) is 0 Å². The third kappa shape index (κ3) is 2.32. The molecule has 3 nitrogen and oxygen atoms in total. The summed E-state index contributed by atoms with van der Waals surface area (Å²) in [4.78, 5) is 18.0. The van der Waals surface area contributed by atoms with E-state index in [-0.39, 0.29) is 4.87 Å². The van der Waals surface area contributed by atoms with E-state index in [1.165, 1.54) is 34.7 Å². The van der Waals surface area contributed by atoms with E-state index < -0.39 is 0 Å². The molecule has 1 atom stereocenters. The summed E-state index contributed by atoms with van der Waals surface area (Å²) in [7, 11) is 2.19. The smallest absolute Gasteiger partial charge is 0.304 e. The Labute approximate surface area is 94.1 Å². The fraction of sp³-hybridized carbons (Fsp3) is 0.727. The number of thiazole rings is 1. The van der Waals surface area contributed by atoms with Crippen molar-refractivity contribution in [2.75, 3.05) is 13.6 Å². The van der Waals surface area contributed by atoms with Gasteiger partial charge in [0.15, 0.2) is 0 Å². The Hall–Kier alpha value is -0.610. The fourth-order valence-corrected chi connectivity index (χ4v) is 3.25. The van der Waals surface area contributed by atoms with Gasteiger partial charge in [0.05, 0.1) is 0 Å². The van der Waals surface area contributed by atoms with Gasteiger partial charge in [-0.3, -0.25) is 4.79 Å². The molecule has 1 aromatic heterocycles. The number of aryl methyl sites for hydroxylation is 1. The highest BCUT2D eigenvalue weighted by Crippen LogP contribution is 2.24. The number of aromatic nitrogens is 1. The molecule has 0 bridgehead atoms. The molecule has 15 heavy (non-hydrogen) atoms. The number of nitrogens with one attached hydrogen (secondary N) is 1. The van der Waals surface area contributed by atoms with Crippen LogP contribution in [0.3, 0.4) is 0 Å². The van der Waals surface area contributed by atoms with Crippen molar-refractivity contribution in [3.05, 3.63) is 20.2 Å². The van der Waals surface area contributed by atoms with Crippen molar-refractivity contribution in [2.24, 2.45) is 0 Å². The van der Waals surface area contributed by atoms with Crippen LogP contribution in [0.5, 0.6) is 0 Å². The minimum Gasteiger partial charge on any atom is -0.316 e. The second kappa shape index (κ2) is 4.49. The lowest BCUT2D eigenvalue weighted by atomic mass is 9.96. The lowest BCUT2D eigenvalue weighted by Crippen LogP contribution is -2.36. The van der Waals surface area contributed by atoms with Gasteiger partial charge in [-0.05, 0) is 39.3 Å². The van der Waals surface area contributed by atoms with Crippen molar-refractivity contribution < 1.29 is 0 Å². The van der Waals surface area contributed by atoms with E-state index in [2.05, 4.69) is 23.9 Å². The van der Waals surface area contributed by atoms with Gasteiger partial charge in [-0.2, -0.15) is 0 Å². The highest BCUT2D eigenvalue weighted by molar-refractivity contribution is 7.09. The number of likely N-dealkylation sites (N-methyl/N-ethyl adjacent to an activating group) is 1. The zero-order chi connectivity index (χ0) is 10.8. The molecule has 4 heteroatoms. The number of rotatable bonds is 3. The standard InChI is InChI=1S/C11H18N2OS/c1-3-6-13(2)8-4-5-9-10(7-8)15-11(14)12-9/h8H,3-7H2,1-2H3,(H,12,14). The maximum atomic E-state index is 11.2.